The van der Waals surface area contributed by atoms with Gasteiger partial charge in [-0.15, -0.1) is 0 Å². The normalized spacial score (nSPS) is 16.0. The highest BCUT2D eigenvalue weighted by Gasteiger charge is 2.31. The fourth-order valence-electron chi connectivity index (χ4n) is 1.94. The molecule has 0 saturated heterocycles. The highest BCUT2D eigenvalue weighted by Crippen LogP contribution is 2.32. The molecule has 1 fully saturated rings. The molecular formula is C14H19BrN2O2. The molecule has 0 spiro atoms. The number of hydrogen-bond donors (Lipinski definition) is 2. The van der Waals surface area contributed by atoms with Gasteiger partial charge in [0, 0.05) is 18.1 Å². The largest absolute Gasteiger partial charge is 0.391 e. The maximum atomic E-state index is 12.0. The van der Waals surface area contributed by atoms with Gasteiger partial charge in [0.25, 0.3) is 0 Å². The second kappa shape index (κ2) is 5.92. The van der Waals surface area contributed by atoms with Crippen molar-refractivity contribution in [3.63, 3.8) is 0 Å². The highest BCUT2D eigenvalue weighted by atomic mass is 79.9. The standard InChI is InChI=1S/C14H19BrN2O2/c1-9-3-6-11(15)12(7-9)16-14(19)17(2)8-13(18)10-4-5-10/h3,6-7,10,13,18H,4-5,8H2,1-2H3,(H,16,19). The fourth-order valence-corrected chi connectivity index (χ4v) is 2.28. The van der Waals surface area contributed by atoms with E-state index in [4.69, 9.17) is 0 Å². The molecule has 1 atom stereocenters. The lowest BCUT2D eigenvalue weighted by Crippen LogP contribution is -2.38. The summed E-state index contributed by atoms with van der Waals surface area (Å²) in [6.07, 6.45) is 1.73. The number of hydrogen-bond acceptors (Lipinski definition) is 2. The first-order chi connectivity index (χ1) is 8.97. The van der Waals surface area contributed by atoms with Crippen LogP contribution >= 0.6 is 15.9 Å². The summed E-state index contributed by atoms with van der Waals surface area (Å²) in [6, 6.07) is 5.59. The van der Waals surface area contributed by atoms with Gasteiger partial charge >= 0.3 is 6.03 Å². The van der Waals surface area contributed by atoms with E-state index in [2.05, 4.69) is 21.2 Å². The monoisotopic (exact) mass is 326 g/mol. The van der Waals surface area contributed by atoms with Crippen molar-refractivity contribution in [3.05, 3.63) is 28.2 Å². The predicted molar refractivity (Wildman–Crippen MR) is 79.3 cm³/mol. The Morgan fingerprint density at radius 2 is 2.26 bits per heavy atom. The summed E-state index contributed by atoms with van der Waals surface area (Å²) in [6.45, 7) is 2.35. The number of carbonyl (C=O) groups excluding carboxylic acids is 1. The van der Waals surface area contributed by atoms with Crippen LogP contribution in [0, 0.1) is 12.8 Å². The first kappa shape index (κ1) is 14.3. The van der Waals surface area contributed by atoms with Crippen molar-refractivity contribution in [2.75, 3.05) is 18.9 Å². The Morgan fingerprint density at radius 3 is 2.89 bits per heavy atom. The molecule has 1 aromatic rings. The number of halogens is 1. The van der Waals surface area contributed by atoms with Crippen LogP contribution in [0.5, 0.6) is 0 Å². The number of rotatable bonds is 4. The van der Waals surface area contributed by atoms with Crippen LogP contribution in [-0.2, 0) is 0 Å². The average molecular weight is 327 g/mol. The Hall–Kier alpha value is -1.07. The van der Waals surface area contributed by atoms with E-state index in [1.807, 2.05) is 25.1 Å². The molecule has 2 amide bonds. The molecule has 19 heavy (non-hydrogen) atoms. The lowest BCUT2D eigenvalue weighted by atomic mass is 10.2. The first-order valence-electron chi connectivity index (χ1n) is 6.43. The lowest BCUT2D eigenvalue weighted by Gasteiger charge is -2.21. The van der Waals surface area contributed by atoms with E-state index < -0.39 is 6.10 Å². The summed E-state index contributed by atoms with van der Waals surface area (Å²) < 4.78 is 0.850. The number of aliphatic hydroxyl groups is 1. The van der Waals surface area contributed by atoms with Crippen molar-refractivity contribution in [2.24, 2.45) is 5.92 Å². The number of urea groups is 1. The second-order valence-electron chi connectivity index (χ2n) is 5.20. The minimum absolute atomic E-state index is 0.203. The zero-order valence-electron chi connectivity index (χ0n) is 11.2. The smallest absolute Gasteiger partial charge is 0.321 e. The quantitative estimate of drug-likeness (QED) is 0.893. The highest BCUT2D eigenvalue weighted by molar-refractivity contribution is 9.10. The van der Waals surface area contributed by atoms with Crippen LogP contribution in [0.25, 0.3) is 0 Å². The number of nitrogens with one attached hydrogen (secondary N) is 1. The zero-order chi connectivity index (χ0) is 14.0. The van der Waals surface area contributed by atoms with Gasteiger partial charge in [-0.25, -0.2) is 4.79 Å². The van der Waals surface area contributed by atoms with Crippen molar-refractivity contribution in [1.82, 2.24) is 4.90 Å². The first-order valence-corrected chi connectivity index (χ1v) is 7.23. The Labute approximate surface area is 121 Å². The van der Waals surface area contributed by atoms with Gasteiger partial charge < -0.3 is 15.3 Å². The lowest BCUT2D eigenvalue weighted by molar-refractivity contribution is 0.117. The Kier molecular flexibility index (Phi) is 4.47. The van der Waals surface area contributed by atoms with Gasteiger partial charge in [0.15, 0.2) is 0 Å². The summed E-state index contributed by atoms with van der Waals surface area (Å²) in [5.74, 6) is 0.376. The van der Waals surface area contributed by atoms with Crippen LogP contribution in [0.4, 0.5) is 10.5 Å². The average Bonchev–Trinajstić information content (AvgIpc) is 3.17. The van der Waals surface area contributed by atoms with Gasteiger partial charge in [0.1, 0.15) is 0 Å². The maximum absolute atomic E-state index is 12.0. The number of aliphatic hydroxyl groups excluding tert-OH is 1. The molecule has 2 rings (SSSR count). The third kappa shape index (κ3) is 3.94. The molecule has 0 radical (unpaired) electrons. The molecule has 0 aromatic heterocycles. The Morgan fingerprint density at radius 1 is 1.58 bits per heavy atom. The molecule has 0 heterocycles. The van der Waals surface area contributed by atoms with E-state index in [1.165, 1.54) is 4.90 Å². The van der Waals surface area contributed by atoms with Crippen molar-refractivity contribution < 1.29 is 9.90 Å². The van der Waals surface area contributed by atoms with Crippen LogP contribution in [0.3, 0.4) is 0 Å². The Balaban J connectivity index is 1.93. The van der Waals surface area contributed by atoms with Crippen LogP contribution in [0.1, 0.15) is 18.4 Å². The third-order valence-electron chi connectivity index (χ3n) is 3.34. The van der Waals surface area contributed by atoms with Crippen molar-refractivity contribution in [2.45, 2.75) is 25.9 Å². The summed E-state index contributed by atoms with van der Waals surface area (Å²) in [5, 5.41) is 12.7. The van der Waals surface area contributed by atoms with Gasteiger partial charge in [0.05, 0.1) is 11.8 Å². The van der Waals surface area contributed by atoms with Crippen LogP contribution < -0.4 is 5.32 Å². The minimum atomic E-state index is -0.406. The van der Waals surface area contributed by atoms with E-state index in [9.17, 15) is 9.90 Å². The molecule has 0 bridgehead atoms. The number of likely N-dealkylation sites (N-methyl/N-ethyl adjacent to an activating group) is 1. The van der Waals surface area contributed by atoms with Crippen molar-refractivity contribution in [1.29, 1.82) is 0 Å². The molecule has 1 aliphatic rings. The molecule has 5 heteroatoms. The fraction of sp³-hybridized carbons (Fsp3) is 0.500. The molecule has 0 aliphatic heterocycles. The molecule has 1 aliphatic carbocycles. The topological polar surface area (TPSA) is 52.6 Å². The number of amides is 2. The van der Waals surface area contributed by atoms with Gasteiger partial charge in [-0.2, -0.15) is 0 Å². The van der Waals surface area contributed by atoms with E-state index >= 15 is 0 Å². The number of aryl methyl sites for hydroxylation is 1. The molecule has 1 saturated carbocycles. The summed E-state index contributed by atoms with van der Waals surface area (Å²) >= 11 is 3.41. The van der Waals surface area contributed by atoms with E-state index in [-0.39, 0.29) is 6.03 Å². The SMILES string of the molecule is Cc1ccc(Br)c(NC(=O)N(C)CC(O)C2CC2)c1. The van der Waals surface area contributed by atoms with Gasteiger partial charge in [-0.05, 0) is 59.3 Å². The van der Waals surface area contributed by atoms with Gasteiger partial charge in [0.2, 0.25) is 0 Å². The number of nitrogens with zero attached hydrogens (tertiary/aromatic N) is 1. The summed E-state index contributed by atoms with van der Waals surface area (Å²) in [7, 11) is 1.70. The summed E-state index contributed by atoms with van der Waals surface area (Å²) in [5.41, 5.74) is 1.83. The molecular weight excluding hydrogens is 308 g/mol. The second-order valence-corrected chi connectivity index (χ2v) is 6.05. The molecule has 2 N–H and O–H groups in total. The number of carbonyl (C=O) groups is 1. The molecule has 104 valence electrons. The van der Waals surface area contributed by atoms with Crippen molar-refractivity contribution >= 4 is 27.6 Å². The van der Waals surface area contributed by atoms with Gasteiger partial charge in [-0.1, -0.05) is 6.07 Å². The third-order valence-corrected chi connectivity index (χ3v) is 4.03. The zero-order valence-corrected chi connectivity index (χ0v) is 12.8. The van der Waals surface area contributed by atoms with Crippen molar-refractivity contribution in [3.8, 4) is 0 Å². The van der Waals surface area contributed by atoms with Crippen LogP contribution in [-0.4, -0.2) is 35.7 Å². The summed E-state index contributed by atoms with van der Waals surface area (Å²) in [4.78, 5) is 13.6. The van der Waals surface area contributed by atoms with Gasteiger partial charge in [-0.3, -0.25) is 0 Å². The van der Waals surface area contributed by atoms with Crippen LogP contribution in [0.15, 0.2) is 22.7 Å². The Bertz CT molecular complexity index is 475. The predicted octanol–water partition coefficient (Wildman–Crippen LogP) is 2.99. The minimum Gasteiger partial charge on any atom is -0.391 e. The van der Waals surface area contributed by atoms with E-state index in [0.717, 1.165) is 28.6 Å². The van der Waals surface area contributed by atoms with E-state index in [1.54, 1.807) is 7.05 Å². The van der Waals surface area contributed by atoms with E-state index in [0.29, 0.717) is 12.5 Å². The molecule has 4 nitrogen and oxygen atoms in total. The number of anilines is 1. The number of benzene rings is 1. The molecule has 1 aromatic carbocycles. The van der Waals surface area contributed by atoms with Crippen LogP contribution in [0.2, 0.25) is 0 Å². The molecule has 1 unspecified atom stereocenters. The maximum Gasteiger partial charge on any atom is 0.321 e.